The van der Waals surface area contributed by atoms with E-state index in [9.17, 15) is 19.7 Å². The predicted molar refractivity (Wildman–Crippen MR) is 122 cm³/mol. The van der Waals surface area contributed by atoms with E-state index in [0.717, 1.165) is 12.2 Å². The second kappa shape index (κ2) is 7.40. The lowest BCUT2D eigenvalue weighted by atomic mass is 9.85. The van der Waals surface area contributed by atoms with Crippen molar-refractivity contribution in [3.63, 3.8) is 0 Å². The average molecular weight is 445 g/mol. The molecule has 9 nitrogen and oxygen atoms in total. The van der Waals surface area contributed by atoms with Crippen molar-refractivity contribution in [2.45, 2.75) is 6.42 Å². The Morgan fingerprint density at radius 1 is 0.909 bits per heavy atom. The Morgan fingerprint density at radius 3 is 2.18 bits per heavy atom. The number of aromatic nitrogens is 1. The highest BCUT2D eigenvalue weighted by Crippen LogP contribution is 2.53. The molecule has 2 aromatic rings. The molecule has 6 rings (SSSR count). The van der Waals surface area contributed by atoms with E-state index in [1.807, 2.05) is 35.3 Å². The summed E-state index contributed by atoms with van der Waals surface area (Å²) in [5.74, 6) is -0.0168. The van der Waals surface area contributed by atoms with Crippen molar-refractivity contribution in [3.8, 4) is 0 Å². The molecule has 2 saturated heterocycles. The van der Waals surface area contributed by atoms with Crippen LogP contribution in [0.25, 0.3) is 0 Å². The van der Waals surface area contributed by atoms with E-state index >= 15 is 0 Å². The molecule has 0 N–H and O–H groups in total. The van der Waals surface area contributed by atoms with E-state index < -0.39 is 4.92 Å². The van der Waals surface area contributed by atoms with Gasteiger partial charge in [0.25, 0.3) is 5.69 Å². The minimum Gasteiger partial charge on any atom is -0.362 e. The summed E-state index contributed by atoms with van der Waals surface area (Å²) in [6.45, 7) is 2.60. The largest absolute Gasteiger partial charge is 0.362 e. The third-order valence-electron chi connectivity index (χ3n) is 7.48. The number of allylic oxidation sites excluding steroid dienone is 2. The fourth-order valence-corrected chi connectivity index (χ4v) is 5.94. The number of anilines is 3. The van der Waals surface area contributed by atoms with Crippen molar-refractivity contribution in [1.82, 2.24) is 4.98 Å². The summed E-state index contributed by atoms with van der Waals surface area (Å²) < 4.78 is 0. The average Bonchev–Trinajstić information content (AvgIpc) is 3.53. The topological polar surface area (TPSA) is 99.9 Å². The lowest BCUT2D eigenvalue weighted by molar-refractivity contribution is -0.384. The minimum absolute atomic E-state index is 0.0856. The van der Waals surface area contributed by atoms with Gasteiger partial charge in [-0.3, -0.25) is 19.7 Å². The van der Waals surface area contributed by atoms with Crippen molar-refractivity contribution in [2.24, 2.45) is 23.7 Å². The molecule has 3 fully saturated rings. The number of piperazine rings is 1. The quantitative estimate of drug-likeness (QED) is 0.309. The Labute approximate surface area is 190 Å². The van der Waals surface area contributed by atoms with Crippen molar-refractivity contribution < 1.29 is 14.5 Å². The molecule has 3 heterocycles. The van der Waals surface area contributed by atoms with Crippen LogP contribution in [0.2, 0.25) is 0 Å². The second-order valence-electron chi connectivity index (χ2n) is 9.10. The summed E-state index contributed by atoms with van der Waals surface area (Å²) in [6.07, 6.45) is 6.68. The number of pyridine rings is 1. The van der Waals surface area contributed by atoms with Gasteiger partial charge in [0.05, 0.1) is 22.4 Å². The molecular weight excluding hydrogens is 422 g/mol. The Bertz CT molecular complexity index is 1140. The number of fused-ring (bicyclic) bond motifs is 5. The summed E-state index contributed by atoms with van der Waals surface area (Å²) in [5.41, 5.74) is 0.712. The highest BCUT2D eigenvalue weighted by Gasteiger charge is 2.59. The molecule has 2 bridgehead atoms. The fourth-order valence-electron chi connectivity index (χ4n) is 5.94. The standard InChI is InChI=1S/C24H23N5O4/c30-23-21-15-4-5-16(13-15)22(21)24(31)28(23)17-6-7-18(19(14-17)29(32)33)26-9-11-27(12-10-26)20-3-1-2-8-25-20/h1-8,14-16,21-22H,9-13H2/t15-,16-,21+,22+/m0/s1. The molecule has 1 aromatic heterocycles. The number of carbonyl (C=O) groups excluding carboxylic acids is 2. The summed E-state index contributed by atoms with van der Waals surface area (Å²) in [6, 6.07) is 10.5. The van der Waals surface area contributed by atoms with Gasteiger partial charge in [0.1, 0.15) is 11.5 Å². The second-order valence-corrected chi connectivity index (χ2v) is 9.10. The fraction of sp³-hybridized carbons (Fsp3) is 0.375. The lowest BCUT2D eigenvalue weighted by Crippen LogP contribution is -2.47. The molecule has 33 heavy (non-hydrogen) atoms. The van der Waals surface area contributed by atoms with Crippen LogP contribution in [0.3, 0.4) is 0 Å². The highest BCUT2D eigenvalue weighted by molar-refractivity contribution is 6.23. The zero-order valence-electron chi connectivity index (χ0n) is 17.9. The van der Waals surface area contributed by atoms with Crippen molar-refractivity contribution in [1.29, 1.82) is 0 Å². The number of nitro groups is 1. The lowest BCUT2D eigenvalue weighted by Gasteiger charge is -2.36. The Morgan fingerprint density at radius 2 is 1.58 bits per heavy atom. The van der Waals surface area contributed by atoms with Gasteiger partial charge in [0, 0.05) is 38.4 Å². The van der Waals surface area contributed by atoms with Crippen LogP contribution in [0, 0.1) is 33.8 Å². The molecule has 4 atom stereocenters. The van der Waals surface area contributed by atoms with Gasteiger partial charge in [-0.25, -0.2) is 9.88 Å². The first-order valence-electron chi connectivity index (χ1n) is 11.3. The van der Waals surface area contributed by atoms with Gasteiger partial charge in [0.15, 0.2) is 0 Å². The van der Waals surface area contributed by atoms with Gasteiger partial charge in [-0.05, 0) is 42.5 Å². The summed E-state index contributed by atoms with van der Waals surface area (Å²) in [4.78, 5) is 47.4. The third kappa shape index (κ3) is 3.02. The van der Waals surface area contributed by atoms with Crippen LogP contribution >= 0.6 is 0 Å². The van der Waals surface area contributed by atoms with Crippen molar-refractivity contribution >= 4 is 34.7 Å². The van der Waals surface area contributed by atoms with E-state index in [4.69, 9.17) is 0 Å². The molecule has 0 unspecified atom stereocenters. The number of carbonyl (C=O) groups is 2. The number of imide groups is 1. The number of hydrogen-bond donors (Lipinski definition) is 0. The van der Waals surface area contributed by atoms with Gasteiger partial charge >= 0.3 is 0 Å². The van der Waals surface area contributed by atoms with Gasteiger partial charge in [-0.1, -0.05) is 18.2 Å². The summed E-state index contributed by atoms with van der Waals surface area (Å²) in [5, 5.41) is 12.0. The van der Waals surface area contributed by atoms with Crippen LogP contribution in [0.4, 0.5) is 22.9 Å². The maximum Gasteiger partial charge on any atom is 0.294 e. The van der Waals surface area contributed by atoms with Gasteiger partial charge < -0.3 is 9.80 Å². The molecule has 2 amide bonds. The molecule has 0 spiro atoms. The summed E-state index contributed by atoms with van der Waals surface area (Å²) in [7, 11) is 0. The van der Waals surface area contributed by atoms with Crippen LogP contribution in [0.5, 0.6) is 0 Å². The van der Waals surface area contributed by atoms with Crippen LogP contribution in [-0.2, 0) is 9.59 Å². The van der Waals surface area contributed by atoms with Crippen LogP contribution in [0.15, 0.2) is 54.7 Å². The van der Waals surface area contributed by atoms with Gasteiger partial charge in [0.2, 0.25) is 11.8 Å². The number of nitrogens with zero attached hydrogens (tertiary/aromatic N) is 5. The number of hydrogen-bond acceptors (Lipinski definition) is 7. The van der Waals surface area contributed by atoms with E-state index in [0.29, 0.717) is 37.6 Å². The first-order chi connectivity index (χ1) is 16.0. The number of benzene rings is 1. The predicted octanol–water partition coefficient (Wildman–Crippen LogP) is 2.63. The zero-order chi connectivity index (χ0) is 22.7. The number of amides is 2. The molecule has 9 heteroatoms. The molecule has 168 valence electrons. The normalized spacial score (nSPS) is 28.1. The first-order valence-corrected chi connectivity index (χ1v) is 11.3. The van der Waals surface area contributed by atoms with Crippen LogP contribution in [-0.4, -0.2) is 47.9 Å². The monoisotopic (exact) mass is 445 g/mol. The van der Waals surface area contributed by atoms with Crippen molar-refractivity contribution in [3.05, 3.63) is 64.9 Å². The molecule has 2 aliphatic carbocycles. The molecule has 0 radical (unpaired) electrons. The Hall–Kier alpha value is -3.75. The highest BCUT2D eigenvalue weighted by atomic mass is 16.6. The maximum atomic E-state index is 13.1. The summed E-state index contributed by atoms with van der Waals surface area (Å²) >= 11 is 0. The molecule has 1 aromatic carbocycles. The molecular formula is C24H23N5O4. The first kappa shape index (κ1) is 19.9. The van der Waals surface area contributed by atoms with E-state index in [-0.39, 0.29) is 41.2 Å². The molecule has 1 saturated carbocycles. The van der Waals surface area contributed by atoms with Crippen LogP contribution < -0.4 is 14.7 Å². The smallest absolute Gasteiger partial charge is 0.294 e. The minimum atomic E-state index is -0.430. The zero-order valence-corrected chi connectivity index (χ0v) is 17.9. The van der Waals surface area contributed by atoms with E-state index in [1.54, 1.807) is 18.3 Å². The van der Waals surface area contributed by atoms with E-state index in [1.165, 1.54) is 11.0 Å². The number of nitro benzene ring substituents is 1. The maximum absolute atomic E-state index is 13.1. The Kier molecular flexibility index (Phi) is 4.46. The van der Waals surface area contributed by atoms with E-state index in [2.05, 4.69) is 9.88 Å². The number of rotatable bonds is 4. The van der Waals surface area contributed by atoms with Gasteiger partial charge in [-0.2, -0.15) is 0 Å². The third-order valence-corrected chi connectivity index (χ3v) is 7.48. The Balaban J connectivity index is 1.25. The van der Waals surface area contributed by atoms with Crippen molar-refractivity contribution in [2.75, 3.05) is 40.9 Å². The molecule has 4 aliphatic rings. The van der Waals surface area contributed by atoms with Crippen LogP contribution in [0.1, 0.15) is 6.42 Å². The van der Waals surface area contributed by atoms with Gasteiger partial charge in [-0.15, -0.1) is 0 Å². The molecule has 2 aliphatic heterocycles. The SMILES string of the molecule is O=C1[C@H]2[C@H](C(=O)N1c1ccc(N3CCN(c4ccccn4)CC3)c([N+](=O)[O-])c1)[C@H]1C=C[C@H]2C1.